The van der Waals surface area contributed by atoms with Crippen LogP contribution in [0.2, 0.25) is 0 Å². The lowest BCUT2D eigenvalue weighted by Gasteiger charge is -2.45. The number of pyridine rings is 1. The number of nitrogens with one attached hydrogen (secondary N) is 1. The highest BCUT2D eigenvalue weighted by molar-refractivity contribution is 5.69. The second-order valence-electron chi connectivity index (χ2n) is 8.20. The Labute approximate surface area is 155 Å². The van der Waals surface area contributed by atoms with E-state index in [2.05, 4.69) is 26.2 Å². The molecule has 2 heterocycles. The van der Waals surface area contributed by atoms with Gasteiger partial charge in [-0.2, -0.15) is 0 Å². The molecule has 0 atom stereocenters. The van der Waals surface area contributed by atoms with Crippen LogP contribution < -0.4 is 10.2 Å². The van der Waals surface area contributed by atoms with Crippen LogP contribution in [-0.2, 0) is 4.79 Å². The first kappa shape index (κ1) is 17.7. The number of carbonyl (C=O) groups is 1. The normalized spacial score (nSPS) is 26.7. The third-order valence-corrected chi connectivity index (χ3v) is 6.10. The number of carboxylic acid groups (broad SMARTS) is 1. The van der Waals surface area contributed by atoms with Gasteiger partial charge in [0.1, 0.15) is 5.82 Å². The highest BCUT2D eigenvalue weighted by atomic mass is 16.4. The minimum Gasteiger partial charge on any atom is -0.480 e. The number of hydrogen-bond acceptors (Lipinski definition) is 5. The first-order valence-electron chi connectivity index (χ1n) is 10.1. The topological polar surface area (TPSA) is 68.7 Å². The average Bonchev–Trinajstić information content (AvgIpc) is 3.42. The van der Waals surface area contributed by atoms with E-state index in [4.69, 9.17) is 5.11 Å². The van der Waals surface area contributed by atoms with Gasteiger partial charge in [0.05, 0.1) is 6.54 Å². The van der Waals surface area contributed by atoms with Gasteiger partial charge < -0.3 is 15.3 Å². The van der Waals surface area contributed by atoms with Crippen LogP contribution in [0.15, 0.2) is 24.4 Å². The van der Waals surface area contributed by atoms with Gasteiger partial charge in [0, 0.05) is 44.0 Å². The molecular weight excluding hydrogens is 328 g/mol. The zero-order valence-corrected chi connectivity index (χ0v) is 15.4. The molecule has 0 bridgehead atoms. The van der Waals surface area contributed by atoms with Crippen molar-refractivity contribution < 1.29 is 9.90 Å². The Kier molecular flexibility index (Phi) is 5.41. The van der Waals surface area contributed by atoms with Gasteiger partial charge in [-0.3, -0.25) is 9.69 Å². The zero-order chi connectivity index (χ0) is 17.9. The van der Waals surface area contributed by atoms with Crippen LogP contribution in [0.3, 0.4) is 0 Å². The molecule has 2 N–H and O–H groups in total. The molecule has 3 aliphatic rings. The fourth-order valence-electron chi connectivity index (χ4n) is 4.32. The number of aliphatic carboxylic acids is 1. The number of rotatable bonds is 8. The summed E-state index contributed by atoms with van der Waals surface area (Å²) in [6.07, 6.45) is 8.91. The third kappa shape index (κ3) is 4.54. The number of piperidine rings is 1. The van der Waals surface area contributed by atoms with Crippen LogP contribution in [0.1, 0.15) is 38.5 Å². The zero-order valence-electron chi connectivity index (χ0n) is 15.4. The van der Waals surface area contributed by atoms with Gasteiger partial charge in [-0.05, 0) is 56.6 Å². The molecule has 6 heteroatoms. The minimum atomic E-state index is -0.691. The van der Waals surface area contributed by atoms with E-state index in [-0.39, 0.29) is 6.54 Å². The average molecular weight is 358 g/mol. The molecule has 4 rings (SSSR count). The van der Waals surface area contributed by atoms with Crippen molar-refractivity contribution >= 4 is 11.8 Å². The van der Waals surface area contributed by atoms with Crippen molar-refractivity contribution in [2.75, 3.05) is 31.1 Å². The lowest BCUT2D eigenvalue weighted by atomic mass is 9.84. The largest absolute Gasteiger partial charge is 0.480 e. The molecule has 0 radical (unpaired) electrons. The second kappa shape index (κ2) is 7.92. The van der Waals surface area contributed by atoms with Crippen molar-refractivity contribution in [1.82, 2.24) is 15.2 Å². The summed E-state index contributed by atoms with van der Waals surface area (Å²) in [6, 6.07) is 7.69. The van der Waals surface area contributed by atoms with Gasteiger partial charge in [-0.25, -0.2) is 4.98 Å². The molecule has 2 aliphatic carbocycles. The third-order valence-electron chi connectivity index (χ3n) is 6.10. The second-order valence-corrected chi connectivity index (χ2v) is 8.20. The number of aromatic nitrogens is 1. The molecule has 0 aromatic carbocycles. The predicted molar refractivity (Wildman–Crippen MR) is 101 cm³/mol. The lowest BCUT2D eigenvalue weighted by Crippen LogP contribution is -2.57. The first-order valence-corrected chi connectivity index (χ1v) is 10.1. The molecular formula is C20H30N4O2. The van der Waals surface area contributed by atoms with Crippen LogP contribution in [0.5, 0.6) is 0 Å². The molecule has 26 heavy (non-hydrogen) atoms. The maximum atomic E-state index is 11.1. The smallest absolute Gasteiger partial charge is 0.317 e. The van der Waals surface area contributed by atoms with Gasteiger partial charge in [-0.1, -0.05) is 6.07 Å². The van der Waals surface area contributed by atoms with Crippen molar-refractivity contribution in [1.29, 1.82) is 0 Å². The molecule has 1 aromatic rings. The van der Waals surface area contributed by atoms with Crippen LogP contribution in [0.4, 0.5) is 5.82 Å². The summed E-state index contributed by atoms with van der Waals surface area (Å²) in [6.45, 7) is 3.29. The molecule has 2 saturated carbocycles. The van der Waals surface area contributed by atoms with Crippen LogP contribution in [0, 0.1) is 5.92 Å². The van der Waals surface area contributed by atoms with E-state index in [0.717, 1.165) is 57.1 Å². The molecule has 1 aromatic heterocycles. The van der Waals surface area contributed by atoms with Crippen molar-refractivity contribution in [2.45, 2.75) is 56.7 Å². The van der Waals surface area contributed by atoms with E-state index in [0.29, 0.717) is 18.1 Å². The SMILES string of the molecule is O=C(O)CN(CC1CC1)C1CC(NC2CCN(c3ccccn3)CC2)C1. The summed E-state index contributed by atoms with van der Waals surface area (Å²) < 4.78 is 0. The number of hydrogen-bond donors (Lipinski definition) is 2. The van der Waals surface area contributed by atoms with Crippen LogP contribution in [-0.4, -0.2) is 65.3 Å². The van der Waals surface area contributed by atoms with Gasteiger partial charge >= 0.3 is 5.97 Å². The Morgan fingerprint density at radius 1 is 1.19 bits per heavy atom. The first-order chi connectivity index (χ1) is 12.7. The Balaban J connectivity index is 1.19. The lowest BCUT2D eigenvalue weighted by molar-refractivity contribution is -0.139. The molecule has 3 fully saturated rings. The fraction of sp³-hybridized carbons (Fsp3) is 0.700. The fourth-order valence-corrected chi connectivity index (χ4v) is 4.32. The molecule has 6 nitrogen and oxygen atoms in total. The van der Waals surface area contributed by atoms with Crippen molar-refractivity contribution in [3.05, 3.63) is 24.4 Å². The van der Waals surface area contributed by atoms with Gasteiger partial charge in [0.15, 0.2) is 0 Å². The Hall–Kier alpha value is -1.66. The van der Waals surface area contributed by atoms with Crippen LogP contribution >= 0.6 is 0 Å². The summed E-state index contributed by atoms with van der Waals surface area (Å²) in [4.78, 5) is 20.2. The Morgan fingerprint density at radius 2 is 1.96 bits per heavy atom. The summed E-state index contributed by atoms with van der Waals surface area (Å²) in [5.74, 6) is 1.14. The molecule has 0 spiro atoms. The molecule has 0 unspecified atom stereocenters. The van der Waals surface area contributed by atoms with E-state index >= 15 is 0 Å². The molecule has 1 saturated heterocycles. The maximum absolute atomic E-state index is 11.1. The van der Waals surface area contributed by atoms with E-state index in [1.807, 2.05) is 18.3 Å². The minimum absolute atomic E-state index is 0.205. The monoisotopic (exact) mass is 358 g/mol. The van der Waals surface area contributed by atoms with E-state index < -0.39 is 5.97 Å². The molecule has 1 aliphatic heterocycles. The van der Waals surface area contributed by atoms with Crippen molar-refractivity contribution in [3.8, 4) is 0 Å². The van der Waals surface area contributed by atoms with Gasteiger partial charge in [0.2, 0.25) is 0 Å². The van der Waals surface area contributed by atoms with Crippen molar-refractivity contribution in [3.63, 3.8) is 0 Å². The molecule has 0 amide bonds. The van der Waals surface area contributed by atoms with Crippen LogP contribution in [0.25, 0.3) is 0 Å². The number of nitrogens with zero attached hydrogens (tertiary/aromatic N) is 3. The number of carboxylic acids is 1. The van der Waals surface area contributed by atoms with Gasteiger partial charge in [0.25, 0.3) is 0 Å². The van der Waals surface area contributed by atoms with E-state index in [9.17, 15) is 4.79 Å². The molecule has 142 valence electrons. The van der Waals surface area contributed by atoms with E-state index in [1.54, 1.807) is 0 Å². The Morgan fingerprint density at radius 3 is 2.58 bits per heavy atom. The maximum Gasteiger partial charge on any atom is 0.317 e. The summed E-state index contributed by atoms with van der Waals surface area (Å²) in [5.41, 5.74) is 0. The van der Waals surface area contributed by atoms with E-state index in [1.165, 1.54) is 12.8 Å². The highest BCUT2D eigenvalue weighted by Crippen LogP contribution is 2.34. The predicted octanol–water partition coefficient (Wildman–Crippen LogP) is 1.97. The number of anilines is 1. The quantitative estimate of drug-likeness (QED) is 0.740. The summed E-state index contributed by atoms with van der Waals surface area (Å²) in [7, 11) is 0. The summed E-state index contributed by atoms with van der Waals surface area (Å²) in [5, 5.41) is 13.0. The summed E-state index contributed by atoms with van der Waals surface area (Å²) >= 11 is 0. The highest BCUT2D eigenvalue weighted by Gasteiger charge is 2.38. The van der Waals surface area contributed by atoms with Crippen molar-refractivity contribution in [2.24, 2.45) is 5.92 Å². The Bertz CT molecular complexity index is 593. The van der Waals surface area contributed by atoms with Gasteiger partial charge in [-0.15, -0.1) is 0 Å². The standard InChI is InChI=1S/C20H30N4O2/c25-20(26)14-24(13-15-4-5-15)18-11-17(12-18)22-16-6-9-23(10-7-16)19-3-1-2-8-21-19/h1-3,8,15-18,22H,4-7,9-14H2,(H,25,26).